The van der Waals surface area contributed by atoms with Crippen LogP contribution in [0, 0.1) is 0 Å². The van der Waals surface area contributed by atoms with Gasteiger partial charge in [-0.2, -0.15) is 5.10 Å². The fourth-order valence-corrected chi connectivity index (χ4v) is 3.01. The lowest BCUT2D eigenvalue weighted by Gasteiger charge is -2.33. The SMILES string of the molecule is CN(C)C(=O)c1nn(C2CCN(C(=O)OC(C)(C)C)CC2)cc1Br. The fourth-order valence-electron chi connectivity index (χ4n) is 2.55. The summed E-state index contributed by atoms with van der Waals surface area (Å²) >= 11 is 3.41. The fraction of sp³-hybridized carbons (Fsp3) is 0.688. The molecule has 0 bridgehead atoms. The van der Waals surface area contributed by atoms with Crippen LogP contribution in [0.1, 0.15) is 50.1 Å². The summed E-state index contributed by atoms with van der Waals surface area (Å²) in [6.07, 6.45) is 3.13. The number of halogens is 1. The summed E-state index contributed by atoms with van der Waals surface area (Å²) in [5.41, 5.74) is -0.0723. The first-order valence-electron chi connectivity index (χ1n) is 8.02. The Balaban J connectivity index is 1.99. The van der Waals surface area contributed by atoms with E-state index in [9.17, 15) is 9.59 Å². The molecule has 24 heavy (non-hydrogen) atoms. The first-order chi connectivity index (χ1) is 11.1. The number of carbonyl (C=O) groups excluding carboxylic acids is 2. The van der Waals surface area contributed by atoms with Crippen LogP contribution in [0.3, 0.4) is 0 Å². The maximum atomic E-state index is 12.1. The Labute approximate surface area is 151 Å². The minimum Gasteiger partial charge on any atom is -0.444 e. The molecule has 1 fully saturated rings. The Morgan fingerprint density at radius 3 is 2.38 bits per heavy atom. The van der Waals surface area contributed by atoms with Crippen molar-refractivity contribution in [2.45, 2.75) is 45.3 Å². The van der Waals surface area contributed by atoms with Crippen LogP contribution in [0.25, 0.3) is 0 Å². The van der Waals surface area contributed by atoms with Gasteiger partial charge < -0.3 is 14.5 Å². The molecule has 0 unspecified atom stereocenters. The van der Waals surface area contributed by atoms with Gasteiger partial charge in [0.2, 0.25) is 0 Å². The molecule has 8 heteroatoms. The molecule has 0 spiro atoms. The summed E-state index contributed by atoms with van der Waals surface area (Å²) in [6.45, 7) is 6.83. The Kier molecular flexibility index (Phi) is 5.57. The van der Waals surface area contributed by atoms with E-state index in [0.29, 0.717) is 23.3 Å². The van der Waals surface area contributed by atoms with Gasteiger partial charge >= 0.3 is 6.09 Å². The lowest BCUT2D eigenvalue weighted by Crippen LogP contribution is -2.42. The second-order valence-corrected chi connectivity index (χ2v) is 8.06. The van der Waals surface area contributed by atoms with Gasteiger partial charge in [-0.15, -0.1) is 0 Å². The lowest BCUT2D eigenvalue weighted by molar-refractivity contribution is 0.0184. The maximum absolute atomic E-state index is 12.1. The van der Waals surface area contributed by atoms with Crippen molar-refractivity contribution in [2.75, 3.05) is 27.2 Å². The molecular formula is C16H25BrN4O3. The molecule has 0 atom stereocenters. The third-order valence-electron chi connectivity index (χ3n) is 3.79. The number of carbonyl (C=O) groups is 2. The van der Waals surface area contributed by atoms with E-state index < -0.39 is 5.60 Å². The average molecular weight is 401 g/mol. The van der Waals surface area contributed by atoms with Crippen LogP contribution in [-0.4, -0.2) is 64.4 Å². The molecule has 1 aromatic heterocycles. The summed E-state index contributed by atoms with van der Waals surface area (Å²) in [4.78, 5) is 27.4. The third kappa shape index (κ3) is 4.49. The van der Waals surface area contributed by atoms with Gasteiger partial charge in [-0.3, -0.25) is 9.48 Å². The highest BCUT2D eigenvalue weighted by molar-refractivity contribution is 9.10. The quantitative estimate of drug-likeness (QED) is 0.764. The minimum absolute atomic E-state index is 0.133. The topological polar surface area (TPSA) is 67.7 Å². The van der Waals surface area contributed by atoms with Gasteiger partial charge in [-0.05, 0) is 49.5 Å². The van der Waals surface area contributed by atoms with E-state index in [0.717, 1.165) is 12.8 Å². The Morgan fingerprint density at radius 1 is 1.29 bits per heavy atom. The van der Waals surface area contributed by atoms with Crippen molar-refractivity contribution in [3.8, 4) is 0 Å². The number of ether oxygens (including phenoxy) is 1. The molecule has 0 N–H and O–H groups in total. The van der Waals surface area contributed by atoms with E-state index in [1.165, 1.54) is 4.90 Å². The number of amides is 2. The van der Waals surface area contributed by atoms with Gasteiger partial charge in [-0.1, -0.05) is 0 Å². The van der Waals surface area contributed by atoms with Crippen molar-refractivity contribution in [1.82, 2.24) is 19.6 Å². The second-order valence-electron chi connectivity index (χ2n) is 7.20. The van der Waals surface area contributed by atoms with Crippen LogP contribution in [-0.2, 0) is 4.74 Å². The van der Waals surface area contributed by atoms with Crippen LogP contribution in [0.2, 0.25) is 0 Å². The first kappa shape index (κ1) is 18.8. The highest BCUT2D eigenvalue weighted by Crippen LogP contribution is 2.26. The molecule has 0 saturated carbocycles. The van der Waals surface area contributed by atoms with Crippen molar-refractivity contribution in [3.05, 3.63) is 16.4 Å². The van der Waals surface area contributed by atoms with Crippen molar-refractivity contribution in [2.24, 2.45) is 0 Å². The van der Waals surface area contributed by atoms with E-state index in [1.807, 2.05) is 31.6 Å². The molecule has 7 nitrogen and oxygen atoms in total. The van der Waals surface area contributed by atoms with Gasteiger partial charge in [-0.25, -0.2) is 4.79 Å². The zero-order valence-corrected chi connectivity index (χ0v) is 16.5. The molecule has 2 heterocycles. The molecule has 1 aliphatic rings. The average Bonchev–Trinajstić information content (AvgIpc) is 2.86. The molecule has 2 rings (SSSR count). The molecular weight excluding hydrogens is 376 g/mol. The molecule has 1 saturated heterocycles. The molecule has 0 radical (unpaired) electrons. The molecule has 1 aliphatic heterocycles. The minimum atomic E-state index is -0.484. The normalized spacial score (nSPS) is 16.2. The molecule has 134 valence electrons. The standard InChI is InChI=1S/C16H25BrN4O3/c1-16(2,3)24-15(23)20-8-6-11(7-9-20)21-10-12(17)13(18-21)14(22)19(4)5/h10-11H,6-9H2,1-5H3. The maximum Gasteiger partial charge on any atom is 0.410 e. The predicted octanol–water partition coefficient (Wildman–Crippen LogP) is 2.92. The number of piperidine rings is 1. The first-order valence-corrected chi connectivity index (χ1v) is 8.82. The largest absolute Gasteiger partial charge is 0.444 e. The predicted molar refractivity (Wildman–Crippen MR) is 94.0 cm³/mol. The molecule has 0 aromatic carbocycles. The number of hydrogen-bond donors (Lipinski definition) is 0. The molecule has 1 aromatic rings. The molecule has 2 amide bonds. The number of rotatable bonds is 2. The van der Waals surface area contributed by atoms with Crippen molar-refractivity contribution >= 4 is 27.9 Å². The van der Waals surface area contributed by atoms with Crippen LogP contribution in [0.4, 0.5) is 4.79 Å². The number of aromatic nitrogens is 2. The Bertz CT molecular complexity index is 613. The lowest BCUT2D eigenvalue weighted by atomic mass is 10.1. The van der Waals surface area contributed by atoms with Gasteiger partial charge in [0, 0.05) is 33.4 Å². The summed E-state index contributed by atoms with van der Waals surface area (Å²) in [6, 6.07) is 0.170. The zero-order chi connectivity index (χ0) is 18.1. The summed E-state index contributed by atoms with van der Waals surface area (Å²) in [5.74, 6) is -0.133. The third-order valence-corrected chi connectivity index (χ3v) is 4.37. The van der Waals surface area contributed by atoms with Crippen molar-refractivity contribution < 1.29 is 14.3 Å². The summed E-state index contributed by atoms with van der Waals surface area (Å²) in [5, 5.41) is 4.43. The smallest absolute Gasteiger partial charge is 0.410 e. The van der Waals surface area contributed by atoms with E-state index in [-0.39, 0.29) is 18.0 Å². The number of nitrogens with zero attached hydrogens (tertiary/aromatic N) is 4. The van der Waals surface area contributed by atoms with Gasteiger partial charge in [0.15, 0.2) is 5.69 Å². The van der Waals surface area contributed by atoms with Gasteiger partial charge in [0.25, 0.3) is 5.91 Å². The Hall–Kier alpha value is -1.57. The van der Waals surface area contributed by atoms with Gasteiger partial charge in [0.1, 0.15) is 5.60 Å². The monoisotopic (exact) mass is 400 g/mol. The van der Waals surface area contributed by atoms with Crippen LogP contribution < -0.4 is 0 Å². The number of likely N-dealkylation sites (tertiary alicyclic amines) is 1. The summed E-state index contributed by atoms with van der Waals surface area (Å²) < 4.78 is 7.92. The zero-order valence-electron chi connectivity index (χ0n) is 14.9. The van der Waals surface area contributed by atoms with Crippen molar-refractivity contribution in [3.63, 3.8) is 0 Å². The van der Waals surface area contributed by atoms with E-state index in [1.54, 1.807) is 19.0 Å². The molecule has 0 aliphatic carbocycles. The van der Waals surface area contributed by atoms with Crippen molar-refractivity contribution in [1.29, 1.82) is 0 Å². The van der Waals surface area contributed by atoms with Crippen LogP contribution >= 0.6 is 15.9 Å². The van der Waals surface area contributed by atoms with E-state index >= 15 is 0 Å². The second kappa shape index (κ2) is 7.13. The van der Waals surface area contributed by atoms with E-state index in [4.69, 9.17) is 4.74 Å². The van der Waals surface area contributed by atoms with E-state index in [2.05, 4.69) is 21.0 Å². The van der Waals surface area contributed by atoms with Crippen LogP contribution in [0.5, 0.6) is 0 Å². The highest BCUT2D eigenvalue weighted by Gasteiger charge is 2.29. The summed E-state index contributed by atoms with van der Waals surface area (Å²) in [7, 11) is 3.40. The van der Waals surface area contributed by atoms with Gasteiger partial charge in [0.05, 0.1) is 10.5 Å². The highest BCUT2D eigenvalue weighted by atomic mass is 79.9. The number of hydrogen-bond acceptors (Lipinski definition) is 4. The Morgan fingerprint density at radius 2 is 1.88 bits per heavy atom. The van der Waals surface area contributed by atoms with Crippen LogP contribution in [0.15, 0.2) is 10.7 Å².